The molecule has 1 saturated heterocycles. The van der Waals surface area contributed by atoms with Crippen LogP contribution >= 0.6 is 0 Å². The minimum Gasteiger partial charge on any atom is -0.481 e. The quantitative estimate of drug-likeness (QED) is 0.849. The van der Waals surface area contributed by atoms with Crippen molar-refractivity contribution in [2.24, 2.45) is 0 Å². The number of piperidine rings is 1. The zero-order valence-corrected chi connectivity index (χ0v) is 11.9. The van der Waals surface area contributed by atoms with Crippen molar-refractivity contribution in [1.29, 1.82) is 0 Å². The van der Waals surface area contributed by atoms with Crippen molar-refractivity contribution in [3.8, 4) is 0 Å². The van der Waals surface area contributed by atoms with E-state index >= 15 is 0 Å². The maximum Gasteiger partial charge on any atom is 0.305 e. The Kier molecular flexibility index (Phi) is 5.68. The third kappa shape index (κ3) is 5.15. The number of pyridine rings is 1. The molecule has 0 bridgehead atoms. The number of ether oxygens (including phenoxy) is 1. The van der Waals surface area contributed by atoms with Gasteiger partial charge in [-0.3, -0.25) is 14.6 Å². The highest BCUT2D eigenvalue weighted by molar-refractivity contribution is 5.78. The van der Waals surface area contributed by atoms with Gasteiger partial charge in [-0.15, -0.1) is 0 Å². The fraction of sp³-hybridized carbons (Fsp3) is 0.533. The molecule has 1 aromatic heterocycles. The van der Waals surface area contributed by atoms with Gasteiger partial charge in [0.05, 0.1) is 25.6 Å². The molecule has 1 aromatic rings. The highest BCUT2D eigenvalue weighted by Crippen LogP contribution is 2.15. The molecule has 0 aromatic carbocycles. The van der Waals surface area contributed by atoms with E-state index in [9.17, 15) is 9.59 Å². The van der Waals surface area contributed by atoms with Crippen molar-refractivity contribution < 1.29 is 19.4 Å². The minimum atomic E-state index is -0.847. The van der Waals surface area contributed by atoms with Gasteiger partial charge in [0.15, 0.2) is 0 Å². The van der Waals surface area contributed by atoms with E-state index in [1.165, 1.54) is 0 Å². The maximum absolute atomic E-state index is 12.2. The van der Waals surface area contributed by atoms with Crippen LogP contribution in [-0.2, 0) is 20.7 Å². The summed E-state index contributed by atoms with van der Waals surface area (Å²) in [7, 11) is 0. The van der Waals surface area contributed by atoms with Gasteiger partial charge < -0.3 is 14.7 Å². The second-order valence-corrected chi connectivity index (χ2v) is 5.13. The lowest BCUT2D eigenvalue weighted by molar-refractivity contribution is -0.139. The van der Waals surface area contributed by atoms with E-state index in [4.69, 9.17) is 9.84 Å². The second kappa shape index (κ2) is 7.73. The van der Waals surface area contributed by atoms with Crippen LogP contribution in [0.2, 0.25) is 0 Å². The zero-order valence-electron chi connectivity index (χ0n) is 11.9. The molecular weight excluding hydrogens is 272 g/mol. The molecule has 21 heavy (non-hydrogen) atoms. The van der Waals surface area contributed by atoms with Gasteiger partial charge in [-0.2, -0.15) is 0 Å². The van der Waals surface area contributed by atoms with Crippen LogP contribution in [0, 0.1) is 0 Å². The standard InChI is InChI=1S/C15H20N2O4/c18-14(11-12-1-6-16-7-2-12)17-8-3-13(4-9-17)21-10-5-15(19)20/h1-2,6-7,13H,3-5,8-11H2,(H,19,20). The normalized spacial score (nSPS) is 15.9. The number of carboxylic acid groups (broad SMARTS) is 1. The monoisotopic (exact) mass is 292 g/mol. The first-order valence-corrected chi connectivity index (χ1v) is 7.15. The number of nitrogens with zero attached hydrogens (tertiary/aromatic N) is 2. The molecule has 1 N–H and O–H groups in total. The number of hydrogen-bond donors (Lipinski definition) is 1. The van der Waals surface area contributed by atoms with Crippen molar-refractivity contribution in [3.05, 3.63) is 30.1 Å². The lowest BCUT2D eigenvalue weighted by Gasteiger charge is -2.32. The lowest BCUT2D eigenvalue weighted by Crippen LogP contribution is -2.41. The average Bonchev–Trinajstić information content (AvgIpc) is 2.48. The minimum absolute atomic E-state index is 0.0290. The van der Waals surface area contributed by atoms with Crippen LogP contribution in [0.15, 0.2) is 24.5 Å². The Hall–Kier alpha value is -1.95. The summed E-state index contributed by atoms with van der Waals surface area (Å²) in [6, 6.07) is 3.69. The van der Waals surface area contributed by atoms with Crippen molar-refractivity contribution in [2.45, 2.75) is 31.8 Å². The van der Waals surface area contributed by atoms with E-state index in [0.29, 0.717) is 19.5 Å². The molecule has 0 unspecified atom stereocenters. The van der Waals surface area contributed by atoms with Crippen LogP contribution in [0.4, 0.5) is 0 Å². The summed E-state index contributed by atoms with van der Waals surface area (Å²) in [5.74, 6) is -0.731. The number of amides is 1. The topological polar surface area (TPSA) is 79.7 Å². The first kappa shape index (κ1) is 15.4. The average molecular weight is 292 g/mol. The molecule has 2 rings (SSSR count). The Bertz CT molecular complexity index is 470. The molecule has 1 fully saturated rings. The van der Waals surface area contributed by atoms with Crippen molar-refractivity contribution in [3.63, 3.8) is 0 Å². The smallest absolute Gasteiger partial charge is 0.305 e. The molecule has 1 amide bonds. The van der Waals surface area contributed by atoms with Gasteiger partial charge in [-0.05, 0) is 30.5 Å². The van der Waals surface area contributed by atoms with Crippen LogP contribution in [0.1, 0.15) is 24.8 Å². The Morgan fingerprint density at radius 2 is 1.95 bits per heavy atom. The molecule has 0 radical (unpaired) electrons. The summed E-state index contributed by atoms with van der Waals surface area (Å²) in [5.41, 5.74) is 0.967. The zero-order chi connectivity index (χ0) is 15.1. The van der Waals surface area contributed by atoms with Gasteiger partial charge in [0, 0.05) is 25.5 Å². The van der Waals surface area contributed by atoms with E-state index in [1.54, 1.807) is 12.4 Å². The number of carbonyl (C=O) groups is 2. The van der Waals surface area contributed by atoms with E-state index in [2.05, 4.69) is 4.98 Å². The van der Waals surface area contributed by atoms with Crippen LogP contribution in [0.25, 0.3) is 0 Å². The summed E-state index contributed by atoms with van der Waals surface area (Å²) in [5, 5.41) is 8.56. The van der Waals surface area contributed by atoms with Crippen molar-refractivity contribution in [2.75, 3.05) is 19.7 Å². The fourth-order valence-corrected chi connectivity index (χ4v) is 2.37. The van der Waals surface area contributed by atoms with Crippen molar-refractivity contribution in [1.82, 2.24) is 9.88 Å². The van der Waals surface area contributed by atoms with E-state index in [0.717, 1.165) is 18.4 Å². The largest absolute Gasteiger partial charge is 0.481 e. The van der Waals surface area contributed by atoms with Gasteiger partial charge in [0.25, 0.3) is 0 Å². The lowest BCUT2D eigenvalue weighted by atomic mass is 10.1. The SMILES string of the molecule is O=C(O)CCOC1CCN(C(=O)Cc2ccncc2)CC1. The number of aromatic nitrogens is 1. The third-order valence-corrected chi connectivity index (χ3v) is 3.57. The van der Waals surface area contributed by atoms with Crippen LogP contribution in [0.3, 0.4) is 0 Å². The molecule has 0 atom stereocenters. The molecule has 6 heteroatoms. The first-order chi connectivity index (χ1) is 10.1. The van der Waals surface area contributed by atoms with E-state index in [1.807, 2.05) is 17.0 Å². The summed E-state index contributed by atoms with van der Waals surface area (Å²) in [4.78, 5) is 28.4. The number of rotatable bonds is 6. The highest BCUT2D eigenvalue weighted by atomic mass is 16.5. The summed E-state index contributed by atoms with van der Waals surface area (Å²) in [6.45, 7) is 1.58. The van der Waals surface area contributed by atoms with Gasteiger partial charge >= 0.3 is 5.97 Å². The molecule has 114 valence electrons. The second-order valence-electron chi connectivity index (χ2n) is 5.13. The number of hydrogen-bond acceptors (Lipinski definition) is 4. The van der Waals surface area contributed by atoms with E-state index in [-0.39, 0.29) is 25.0 Å². The van der Waals surface area contributed by atoms with Crippen LogP contribution < -0.4 is 0 Å². The first-order valence-electron chi connectivity index (χ1n) is 7.15. The van der Waals surface area contributed by atoms with E-state index < -0.39 is 5.97 Å². The number of likely N-dealkylation sites (tertiary alicyclic amines) is 1. The Morgan fingerprint density at radius 3 is 2.57 bits per heavy atom. The van der Waals surface area contributed by atoms with Crippen LogP contribution in [0.5, 0.6) is 0 Å². The Balaban J connectivity index is 1.71. The summed E-state index contributed by atoms with van der Waals surface area (Å²) < 4.78 is 5.51. The molecule has 0 saturated carbocycles. The molecule has 0 spiro atoms. The van der Waals surface area contributed by atoms with Crippen LogP contribution in [-0.4, -0.2) is 52.7 Å². The van der Waals surface area contributed by atoms with Gasteiger partial charge in [-0.25, -0.2) is 0 Å². The molecule has 1 aliphatic heterocycles. The summed E-state index contributed by atoms with van der Waals surface area (Å²) in [6.07, 6.45) is 5.39. The van der Waals surface area contributed by atoms with Gasteiger partial charge in [0.2, 0.25) is 5.91 Å². The molecule has 0 aliphatic carbocycles. The number of carbonyl (C=O) groups excluding carboxylic acids is 1. The number of carboxylic acids is 1. The molecule has 6 nitrogen and oxygen atoms in total. The Morgan fingerprint density at radius 1 is 1.29 bits per heavy atom. The predicted octanol–water partition coefficient (Wildman–Crippen LogP) is 1.11. The molecule has 2 heterocycles. The number of aliphatic carboxylic acids is 1. The highest BCUT2D eigenvalue weighted by Gasteiger charge is 2.23. The third-order valence-electron chi connectivity index (χ3n) is 3.57. The van der Waals surface area contributed by atoms with Gasteiger partial charge in [-0.1, -0.05) is 0 Å². The van der Waals surface area contributed by atoms with Gasteiger partial charge in [0.1, 0.15) is 0 Å². The predicted molar refractivity (Wildman–Crippen MR) is 75.7 cm³/mol. The summed E-state index contributed by atoms with van der Waals surface area (Å²) >= 11 is 0. The maximum atomic E-state index is 12.2. The molecule has 1 aliphatic rings. The fourth-order valence-electron chi connectivity index (χ4n) is 2.37. The molecular formula is C15H20N2O4. The Labute approximate surface area is 123 Å². The van der Waals surface area contributed by atoms with Crippen molar-refractivity contribution >= 4 is 11.9 Å².